The zero-order chi connectivity index (χ0) is 13.4. The minimum absolute atomic E-state index is 0. The van der Waals surface area contributed by atoms with E-state index >= 15 is 0 Å². The van der Waals surface area contributed by atoms with Crippen molar-refractivity contribution < 1.29 is 0 Å². The average Bonchev–Trinajstić information content (AvgIpc) is 3.00. The van der Waals surface area contributed by atoms with Gasteiger partial charge in [-0.2, -0.15) is 0 Å². The first kappa shape index (κ1) is 14.8. The van der Waals surface area contributed by atoms with Crippen LogP contribution in [-0.4, -0.2) is 40.6 Å². The maximum atomic E-state index is 4.31. The van der Waals surface area contributed by atoms with Gasteiger partial charge >= 0.3 is 0 Å². The number of fused-ring (bicyclic) bond motifs is 3. The van der Waals surface area contributed by atoms with Crippen LogP contribution in [0.5, 0.6) is 0 Å². The Morgan fingerprint density at radius 1 is 0.952 bits per heavy atom. The Morgan fingerprint density at radius 2 is 1.76 bits per heavy atom. The Morgan fingerprint density at radius 3 is 2.62 bits per heavy atom. The molecule has 1 N–H and O–H groups in total. The minimum atomic E-state index is 0. The molecule has 3 aromatic rings. The van der Waals surface area contributed by atoms with E-state index in [4.69, 9.17) is 0 Å². The summed E-state index contributed by atoms with van der Waals surface area (Å²) in [6, 6.07) is 13.6. The van der Waals surface area contributed by atoms with Crippen molar-refractivity contribution in [1.82, 2.24) is 4.98 Å². The molecular formula is C18H18N2Na. The van der Waals surface area contributed by atoms with Gasteiger partial charge in [-0.1, -0.05) is 37.1 Å². The third-order valence-corrected chi connectivity index (χ3v) is 4.38. The van der Waals surface area contributed by atoms with E-state index in [1.807, 2.05) is 12.4 Å². The van der Waals surface area contributed by atoms with Gasteiger partial charge in [-0.25, -0.2) is 0 Å². The van der Waals surface area contributed by atoms with Crippen molar-refractivity contribution in [2.75, 3.05) is 5.32 Å². The van der Waals surface area contributed by atoms with Crippen molar-refractivity contribution in [3.63, 3.8) is 0 Å². The molecule has 101 valence electrons. The van der Waals surface area contributed by atoms with Gasteiger partial charge in [0.1, 0.15) is 0 Å². The van der Waals surface area contributed by atoms with Crippen molar-refractivity contribution in [1.29, 1.82) is 0 Å². The predicted molar refractivity (Wildman–Crippen MR) is 90.9 cm³/mol. The molecule has 0 atom stereocenters. The van der Waals surface area contributed by atoms with Crippen LogP contribution in [0.3, 0.4) is 0 Å². The molecule has 1 aliphatic rings. The molecule has 0 spiro atoms. The Hall–Kier alpha value is -1.09. The van der Waals surface area contributed by atoms with Crippen molar-refractivity contribution in [3.8, 4) is 0 Å². The maximum Gasteiger partial charge on any atom is 0.0429 e. The third kappa shape index (κ3) is 2.80. The molecule has 1 aromatic heterocycles. The molecule has 2 aromatic carbocycles. The van der Waals surface area contributed by atoms with Gasteiger partial charge < -0.3 is 5.32 Å². The van der Waals surface area contributed by atoms with E-state index in [0.29, 0.717) is 6.04 Å². The van der Waals surface area contributed by atoms with Crippen LogP contribution < -0.4 is 5.32 Å². The number of hydrogen-bond acceptors (Lipinski definition) is 2. The number of pyridine rings is 1. The SMILES string of the molecule is [Na].c1ccc2c(c1)cc(NC1CCCC1)c1ccncc12. The summed E-state index contributed by atoms with van der Waals surface area (Å²) in [6.45, 7) is 0. The molecule has 1 heterocycles. The topological polar surface area (TPSA) is 24.9 Å². The minimum Gasteiger partial charge on any atom is -0.382 e. The van der Waals surface area contributed by atoms with E-state index in [2.05, 4.69) is 46.7 Å². The number of nitrogens with zero attached hydrogens (tertiary/aromatic N) is 1. The maximum absolute atomic E-state index is 4.31. The van der Waals surface area contributed by atoms with E-state index in [1.54, 1.807) is 0 Å². The number of aromatic nitrogens is 1. The van der Waals surface area contributed by atoms with Gasteiger partial charge in [0.15, 0.2) is 0 Å². The molecule has 2 nitrogen and oxygen atoms in total. The van der Waals surface area contributed by atoms with Crippen LogP contribution in [0.25, 0.3) is 21.5 Å². The standard InChI is InChI=1S/C18H18N2.Na/c1-4-8-15-13(5-1)11-18(20-14-6-2-3-7-14)16-9-10-19-12-17(15)16;/h1,4-5,8-12,14,20H,2-3,6-7H2;. The normalized spacial score (nSPS) is 15.2. The largest absolute Gasteiger partial charge is 0.382 e. The van der Waals surface area contributed by atoms with Crippen LogP contribution in [0.4, 0.5) is 5.69 Å². The molecule has 3 heteroatoms. The molecule has 4 rings (SSSR count). The van der Waals surface area contributed by atoms with Crippen LogP contribution >= 0.6 is 0 Å². The van der Waals surface area contributed by atoms with Crippen LogP contribution in [0.15, 0.2) is 48.8 Å². The summed E-state index contributed by atoms with van der Waals surface area (Å²) in [5.74, 6) is 0. The summed E-state index contributed by atoms with van der Waals surface area (Å²) < 4.78 is 0. The second-order valence-electron chi connectivity index (χ2n) is 5.69. The molecule has 0 amide bonds. The molecule has 0 saturated heterocycles. The molecule has 0 bridgehead atoms. The first-order valence-corrected chi connectivity index (χ1v) is 7.44. The van der Waals surface area contributed by atoms with Crippen LogP contribution in [0.1, 0.15) is 25.7 Å². The molecular weight excluding hydrogens is 267 g/mol. The fourth-order valence-corrected chi connectivity index (χ4v) is 3.35. The zero-order valence-corrected chi connectivity index (χ0v) is 14.5. The Labute approximate surface area is 147 Å². The van der Waals surface area contributed by atoms with Gasteiger partial charge in [0.2, 0.25) is 0 Å². The first-order chi connectivity index (χ1) is 9.92. The fraction of sp³-hybridized carbons (Fsp3) is 0.278. The van der Waals surface area contributed by atoms with Crippen LogP contribution in [-0.2, 0) is 0 Å². The van der Waals surface area contributed by atoms with Gasteiger partial charge in [-0.05, 0) is 35.7 Å². The molecule has 21 heavy (non-hydrogen) atoms. The Kier molecular flexibility index (Phi) is 4.48. The van der Waals surface area contributed by atoms with Gasteiger partial charge in [0.05, 0.1) is 0 Å². The summed E-state index contributed by atoms with van der Waals surface area (Å²) >= 11 is 0. The smallest absolute Gasteiger partial charge is 0.0429 e. The van der Waals surface area contributed by atoms with E-state index in [9.17, 15) is 0 Å². The van der Waals surface area contributed by atoms with E-state index in [-0.39, 0.29) is 29.6 Å². The predicted octanol–water partition coefficient (Wildman–Crippen LogP) is 4.36. The Bertz CT molecular complexity index is 763. The number of rotatable bonds is 2. The number of nitrogens with one attached hydrogen (secondary N) is 1. The first-order valence-electron chi connectivity index (χ1n) is 7.44. The van der Waals surface area contributed by atoms with Crippen LogP contribution in [0, 0.1) is 0 Å². The molecule has 1 fully saturated rings. The van der Waals surface area contributed by atoms with Crippen LogP contribution in [0.2, 0.25) is 0 Å². The van der Waals surface area contributed by atoms with E-state index < -0.39 is 0 Å². The molecule has 0 unspecified atom stereocenters. The number of benzene rings is 2. The summed E-state index contributed by atoms with van der Waals surface area (Å²) in [4.78, 5) is 4.31. The molecule has 1 radical (unpaired) electrons. The van der Waals surface area contributed by atoms with Gasteiger partial charge in [-0.3, -0.25) is 4.98 Å². The van der Waals surface area contributed by atoms with Gasteiger partial charge in [0, 0.05) is 64.5 Å². The van der Waals surface area contributed by atoms with Gasteiger partial charge in [-0.15, -0.1) is 0 Å². The summed E-state index contributed by atoms with van der Waals surface area (Å²) in [7, 11) is 0. The fourth-order valence-electron chi connectivity index (χ4n) is 3.35. The molecule has 0 aliphatic heterocycles. The monoisotopic (exact) mass is 285 g/mol. The average molecular weight is 285 g/mol. The zero-order valence-electron chi connectivity index (χ0n) is 12.5. The summed E-state index contributed by atoms with van der Waals surface area (Å²) in [5.41, 5.74) is 1.26. The summed E-state index contributed by atoms with van der Waals surface area (Å²) in [6.07, 6.45) is 9.16. The number of hydrogen-bond donors (Lipinski definition) is 1. The van der Waals surface area contributed by atoms with Crippen molar-refractivity contribution >= 4 is 56.8 Å². The van der Waals surface area contributed by atoms with Gasteiger partial charge in [0.25, 0.3) is 0 Å². The quantitative estimate of drug-likeness (QED) is 0.559. The second kappa shape index (κ2) is 6.35. The second-order valence-corrected chi connectivity index (χ2v) is 5.69. The third-order valence-electron chi connectivity index (χ3n) is 4.38. The van der Waals surface area contributed by atoms with E-state index in [0.717, 1.165) is 0 Å². The Balaban J connectivity index is 0.00000132. The van der Waals surface area contributed by atoms with Crippen molar-refractivity contribution in [3.05, 3.63) is 48.8 Å². The van der Waals surface area contributed by atoms with E-state index in [1.165, 1.54) is 52.9 Å². The van der Waals surface area contributed by atoms with Crippen molar-refractivity contribution in [2.24, 2.45) is 0 Å². The molecule has 1 aliphatic carbocycles. The number of anilines is 1. The molecule has 1 saturated carbocycles. The van der Waals surface area contributed by atoms with Crippen molar-refractivity contribution in [2.45, 2.75) is 31.7 Å². The summed E-state index contributed by atoms with van der Waals surface area (Å²) in [5, 5.41) is 8.84.